The van der Waals surface area contributed by atoms with Gasteiger partial charge in [-0.3, -0.25) is 9.89 Å². The number of nitrogens with one attached hydrogen (secondary N) is 2. The van der Waals surface area contributed by atoms with Crippen LogP contribution in [0.2, 0.25) is 0 Å². The fraction of sp³-hybridized carbons (Fsp3) is 0.348. The molecule has 0 atom stereocenters. The van der Waals surface area contributed by atoms with Gasteiger partial charge in [0, 0.05) is 6.54 Å². The van der Waals surface area contributed by atoms with E-state index in [9.17, 15) is 4.79 Å². The molecule has 0 fully saturated rings. The summed E-state index contributed by atoms with van der Waals surface area (Å²) in [7, 11) is 0. The second-order valence-corrected chi connectivity index (χ2v) is 8.02. The first-order valence-electron chi connectivity index (χ1n) is 9.84. The lowest BCUT2D eigenvalue weighted by Gasteiger charge is -2.19. The highest BCUT2D eigenvalue weighted by Gasteiger charge is 2.13. The first kappa shape index (κ1) is 20.6. The molecule has 0 unspecified atom stereocenters. The average molecular weight is 393 g/mol. The van der Waals surface area contributed by atoms with Crippen LogP contribution in [0.15, 0.2) is 54.6 Å². The second kappa shape index (κ2) is 9.37. The molecule has 0 bridgehead atoms. The monoisotopic (exact) mass is 392 g/mol. The Morgan fingerprint density at radius 3 is 2.48 bits per heavy atom. The van der Waals surface area contributed by atoms with Crippen LogP contribution in [0.4, 0.5) is 0 Å². The highest BCUT2D eigenvalue weighted by molar-refractivity contribution is 5.77. The molecule has 152 valence electrons. The van der Waals surface area contributed by atoms with Gasteiger partial charge in [-0.1, -0.05) is 63.2 Å². The Kier molecular flexibility index (Phi) is 6.65. The van der Waals surface area contributed by atoms with Gasteiger partial charge in [0.1, 0.15) is 12.4 Å². The Balaban J connectivity index is 1.42. The Labute approximate surface area is 171 Å². The normalized spacial score (nSPS) is 11.3. The van der Waals surface area contributed by atoms with E-state index in [1.165, 1.54) is 11.1 Å². The molecule has 0 radical (unpaired) electrons. The predicted molar refractivity (Wildman–Crippen MR) is 113 cm³/mol. The molecule has 0 aliphatic heterocycles. The summed E-state index contributed by atoms with van der Waals surface area (Å²) in [5, 5.41) is 9.84. The van der Waals surface area contributed by atoms with E-state index in [1.807, 2.05) is 42.5 Å². The summed E-state index contributed by atoms with van der Waals surface area (Å²) in [6, 6.07) is 18.1. The second-order valence-electron chi connectivity index (χ2n) is 8.02. The van der Waals surface area contributed by atoms with Gasteiger partial charge in [0.15, 0.2) is 11.6 Å². The van der Waals surface area contributed by atoms with Crippen LogP contribution >= 0.6 is 0 Å². The molecule has 1 heterocycles. The lowest BCUT2D eigenvalue weighted by Crippen LogP contribution is -2.27. The number of ether oxygens (including phenoxy) is 1. The number of amides is 1. The largest absolute Gasteiger partial charge is 0.486 e. The number of carbonyl (C=O) groups is 1. The number of rotatable bonds is 8. The fourth-order valence-corrected chi connectivity index (χ4v) is 2.88. The Morgan fingerprint density at radius 1 is 1.07 bits per heavy atom. The summed E-state index contributed by atoms with van der Waals surface area (Å²) in [5.74, 6) is 1.74. The van der Waals surface area contributed by atoms with Gasteiger partial charge in [-0.05, 0) is 35.1 Å². The van der Waals surface area contributed by atoms with E-state index >= 15 is 0 Å². The van der Waals surface area contributed by atoms with Crippen molar-refractivity contribution in [2.24, 2.45) is 0 Å². The van der Waals surface area contributed by atoms with Crippen molar-refractivity contribution >= 4 is 5.91 Å². The zero-order valence-corrected chi connectivity index (χ0v) is 17.2. The standard InChI is InChI=1S/C23H28N4O2/c1-23(2,3)18-9-11-19(12-10-18)29-16-21-25-20(26-27-21)15-22(28)24-14-13-17-7-5-4-6-8-17/h4-12H,13-16H2,1-3H3,(H,24,28)(H,25,26,27). The van der Waals surface area contributed by atoms with Gasteiger partial charge < -0.3 is 10.1 Å². The number of benzene rings is 2. The molecule has 3 rings (SSSR count). The van der Waals surface area contributed by atoms with Crippen LogP contribution in [0.25, 0.3) is 0 Å². The number of hydrogen-bond donors (Lipinski definition) is 2. The molecule has 0 saturated heterocycles. The Morgan fingerprint density at radius 2 is 1.79 bits per heavy atom. The molecule has 0 spiro atoms. The maximum Gasteiger partial charge on any atom is 0.227 e. The summed E-state index contributed by atoms with van der Waals surface area (Å²) in [5.41, 5.74) is 2.56. The lowest BCUT2D eigenvalue weighted by molar-refractivity contribution is -0.120. The summed E-state index contributed by atoms with van der Waals surface area (Å²) in [6.07, 6.45) is 0.944. The summed E-state index contributed by atoms with van der Waals surface area (Å²) in [4.78, 5) is 16.4. The van der Waals surface area contributed by atoms with Gasteiger partial charge in [-0.25, -0.2) is 4.98 Å². The van der Waals surface area contributed by atoms with E-state index in [2.05, 4.69) is 53.4 Å². The molecule has 2 aromatic carbocycles. The average Bonchev–Trinajstić information content (AvgIpc) is 3.14. The zero-order valence-electron chi connectivity index (χ0n) is 17.2. The van der Waals surface area contributed by atoms with Crippen molar-refractivity contribution in [2.45, 2.75) is 45.6 Å². The van der Waals surface area contributed by atoms with Crippen molar-refractivity contribution in [3.63, 3.8) is 0 Å². The predicted octanol–water partition coefficient (Wildman–Crippen LogP) is 3.58. The van der Waals surface area contributed by atoms with Gasteiger partial charge in [0.25, 0.3) is 0 Å². The van der Waals surface area contributed by atoms with Crippen LogP contribution in [-0.2, 0) is 29.7 Å². The Bertz CT molecular complexity index is 912. The third-order valence-corrected chi connectivity index (χ3v) is 4.57. The molecule has 0 saturated carbocycles. The number of H-pyrrole nitrogens is 1. The first-order valence-corrected chi connectivity index (χ1v) is 9.84. The highest BCUT2D eigenvalue weighted by atomic mass is 16.5. The number of aromatic amines is 1. The van der Waals surface area contributed by atoms with Crippen molar-refractivity contribution in [3.05, 3.63) is 77.4 Å². The lowest BCUT2D eigenvalue weighted by atomic mass is 9.87. The maximum absolute atomic E-state index is 12.1. The molecule has 1 aromatic heterocycles. The molecule has 3 aromatic rings. The van der Waals surface area contributed by atoms with Crippen LogP contribution in [0.1, 0.15) is 43.5 Å². The van der Waals surface area contributed by atoms with Gasteiger partial charge in [-0.2, -0.15) is 5.10 Å². The van der Waals surface area contributed by atoms with Crippen molar-refractivity contribution < 1.29 is 9.53 Å². The van der Waals surface area contributed by atoms with Crippen LogP contribution in [0.5, 0.6) is 5.75 Å². The van der Waals surface area contributed by atoms with E-state index in [0.717, 1.165) is 12.2 Å². The number of nitrogens with zero attached hydrogens (tertiary/aromatic N) is 2. The van der Waals surface area contributed by atoms with Crippen LogP contribution in [0.3, 0.4) is 0 Å². The van der Waals surface area contributed by atoms with Gasteiger partial charge >= 0.3 is 0 Å². The first-order chi connectivity index (χ1) is 13.9. The molecule has 6 nitrogen and oxygen atoms in total. The highest BCUT2D eigenvalue weighted by Crippen LogP contribution is 2.24. The molecule has 0 aliphatic carbocycles. The molecule has 0 aliphatic rings. The third-order valence-electron chi connectivity index (χ3n) is 4.57. The molecule has 6 heteroatoms. The van der Waals surface area contributed by atoms with Crippen molar-refractivity contribution in [2.75, 3.05) is 6.54 Å². The van der Waals surface area contributed by atoms with Gasteiger partial charge in [-0.15, -0.1) is 0 Å². The minimum absolute atomic E-state index is 0.0924. The quantitative estimate of drug-likeness (QED) is 0.614. The fourth-order valence-electron chi connectivity index (χ4n) is 2.88. The summed E-state index contributed by atoms with van der Waals surface area (Å²) < 4.78 is 5.76. The smallest absolute Gasteiger partial charge is 0.227 e. The van der Waals surface area contributed by atoms with Crippen molar-refractivity contribution in [1.29, 1.82) is 0 Å². The van der Waals surface area contributed by atoms with Crippen LogP contribution < -0.4 is 10.1 Å². The minimum Gasteiger partial charge on any atom is -0.486 e. The molecular formula is C23H28N4O2. The van der Waals surface area contributed by atoms with Crippen molar-refractivity contribution in [1.82, 2.24) is 20.5 Å². The topological polar surface area (TPSA) is 79.9 Å². The number of aromatic nitrogens is 3. The molecule has 2 N–H and O–H groups in total. The SMILES string of the molecule is CC(C)(C)c1ccc(OCc2nc(CC(=O)NCCc3ccccc3)n[nH]2)cc1. The number of hydrogen-bond acceptors (Lipinski definition) is 4. The van der Waals surface area contributed by atoms with Crippen molar-refractivity contribution in [3.8, 4) is 5.75 Å². The van der Waals surface area contributed by atoms with Crippen LogP contribution in [0, 0.1) is 0 Å². The molecule has 29 heavy (non-hydrogen) atoms. The minimum atomic E-state index is -0.0924. The van der Waals surface area contributed by atoms with E-state index in [4.69, 9.17) is 4.74 Å². The summed E-state index contributed by atoms with van der Waals surface area (Å²) >= 11 is 0. The van der Waals surface area contributed by atoms with Gasteiger partial charge in [0.2, 0.25) is 5.91 Å². The maximum atomic E-state index is 12.1. The van der Waals surface area contributed by atoms with E-state index in [-0.39, 0.29) is 24.3 Å². The third kappa shape index (κ3) is 6.45. The van der Waals surface area contributed by atoms with Crippen LogP contribution in [-0.4, -0.2) is 27.6 Å². The summed E-state index contributed by atoms with van der Waals surface area (Å²) in [6.45, 7) is 7.40. The Hall–Kier alpha value is -3.15. The van der Waals surface area contributed by atoms with E-state index in [0.29, 0.717) is 18.2 Å². The molecular weight excluding hydrogens is 364 g/mol. The number of carbonyl (C=O) groups excluding carboxylic acids is 1. The van der Waals surface area contributed by atoms with Gasteiger partial charge in [0.05, 0.1) is 6.42 Å². The van der Waals surface area contributed by atoms with E-state index < -0.39 is 0 Å². The zero-order chi connectivity index (χ0) is 20.7. The van der Waals surface area contributed by atoms with E-state index in [1.54, 1.807) is 0 Å². The molecule has 1 amide bonds.